The van der Waals surface area contributed by atoms with E-state index in [-0.39, 0.29) is 29.0 Å². The van der Waals surface area contributed by atoms with Gasteiger partial charge in [-0.05, 0) is 37.5 Å². The lowest BCUT2D eigenvalue weighted by Gasteiger charge is -2.75. The van der Waals surface area contributed by atoms with Gasteiger partial charge in [0.25, 0.3) is 0 Å². The van der Waals surface area contributed by atoms with Crippen molar-refractivity contribution in [1.82, 2.24) is 0 Å². The number of ether oxygens (including phenoxy) is 2. The fourth-order valence-electron chi connectivity index (χ4n) is 7.51. The molecule has 26 heavy (non-hydrogen) atoms. The van der Waals surface area contributed by atoms with Gasteiger partial charge in [0.2, 0.25) is 5.79 Å². The van der Waals surface area contributed by atoms with Gasteiger partial charge in [0.15, 0.2) is 0 Å². The van der Waals surface area contributed by atoms with Gasteiger partial charge in [-0.25, -0.2) is 0 Å². The number of hydrogen-bond acceptors (Lipinski definition) is 5. The number of allylic oxidation sites excluding steroid dienone is 1. The van der Waals surface area contributed by atoms with Crippen molar-refractivity contribution in [1.29, 1.82) is 0 Å². The summed E-state index contributed by atoms with van der Waals surface area (Å²) in [5, 5.41) is 23.1. The van der Waals surface area contributed by atoms with E-state index < -0.39 is 28.8 Å². The molecule has 0 aromatic carbocycles. The monoisotopic (exact) mass is 360 g/mol. The molecule has 2 saturated carbocycles. The van der Waals surface area contributed by atoms with Crippen molar-refractivity contribution in [2.24, 2.45) is 34.0 Å². The van der Waals surface area contributed by atoms with Crippen molar-refractivity contribution in [3.05, 3.63) is 24.5 Å². The van der Waals surface area contributed by atoms with Crippen LogP contribution in [-0.2, 0) is 14.3 Å². The zero-order valence-electron chi connectivity index (χ0n) is 15.7. The van der Waals surface area contributed by atoms with Crippen molar-refractivity contribution >= 4 is 5.78 Å². The van der Waals surface area contributed by atoms with Crippen molar-refractivity contribution in [2.75, 3.05) is 6.61 Å². The number of aliphatic hydroxyl groups is 2. The molecule has 3 aliphatic heterocycles. The largest absolute Gasteiger partial charge is 0.493 e. The van der Waals surface area contributed by atoms with Crippen molar-refractivity contribution in [3.8, 4) is 0 Å². The SMILES string of the molecule is C=C1O[C@@H]2[C@H]1CC[C@H]1[C@]34C=CCC(C)(C)[C@H]3[C@H](O)[C@](O)(OC4)[C@@]21C(C)=O. The van der Waals surface area contributed by atoms with E-state index in [2.05, 4.69) is 32.6 Å². The summed E-state index contributed by atoms with van der Waals surface area (Å²) in [5.41, 5.74) is -1.89. The molecule has 0 amide bonds. The van der Waals surface area contributed by atoms with Crippen LogP contribution in [0, 0.1) is 34.0 Å². The van der Waals surface area contributed by atoms with Crippen molar-refractivity contribution < 1.29 is 24.5 Å². The highest BCUT2D eigenvalue weighted by atomic mass is 16.6. The molecule has 0 aromatic rings. The third-order valence-electron chi connectivity index (χ3n) is 8.40. The van der Waals surface area contributed by atoms with E-state index in [0.717, 1.165) is 19.3 Å². The molecule has 0 unspecified atom stereocenters. The van der Waals surface area contributed by atoms with Crippen LogP contribution in [0.1, 0.15) is 40.0 Å². The molecular weight excluding hydrogens is 332 g/mol. The van der Waals surface area contributed by atoms with Crippen LogP contribution >= 0.6 is 0 Å². The van der Waals surface area contributed by atoms with Crippen LogP contribution in [-0.4, -0.2) is 40.6 Å². The van der Waals surface area contributed by atoms with E-state index in [9.17, 15) is 15.0 Å². The van der Waals surface area contributed by atoms with E-state index in [1.165, 1.54) is 6.92 Å². The number of aliphatic hydroxyl groups excluding tert-OH is 1. The molecule has 5 fully saturated rings. The van der Waals surface area contributed by atoms with E-state index in [1.54, 1.807) is 0 Å². The number of rotatable bonds is 1. The van der Waals surface area contributed by atoms with E-state index in [0.29, 0.717) is 12.4 Å². The summed E-state index contributed by atoms with van der Waals surface area (Å²) in [6.07, 6.45) is 5.28. The second-order valence-corrected chi connectivity index (χ2v) is 9.78. The Balaban J connectivity index is 1.78. The zero-order chi connectivity index (χ0) is 18.7. The van der Waals surface area contributed by atoms with Gasteiger partial charge >= 0.3 is 0 Å². The Bertz CT molecular complexity index is 741. The molecule has 3 saturated heterocycles. The maximum Gasteiger partial charge on any atom is 0.209 e. The highest BCUT2D eigenvalue weighted by Gasteiger charge is 2.84. The Kier molecular flexibility index (Phi) is 3.02. The molecule has 6 aliphatic rings. The van der Waals surface area contributed by atoms with Crippen LogP contribution < -0.4 is 0 Å². The molecule has 0 radical (unpaired) electrons. The zero-order valence-corrected chi connectivity index (χ0v) is 15.7. The van der Waals surface area contributed by atoms with Crippen molar-refractivity contribution in [3.63, 3.8) is 0 Å². The Morgan fingerprint density at radius 1 is 1.35 bits per heavy atom. The number of carbonyl (C=O) groups excluding carboxylic acids is 1. The Labute approximate surface area is 154 Å². The molecule has 2 bridgehead atoms. The standard InChI is InChI=1S/C21H28O5/c1-11-13-6-7-14-19-9-5-8-18(3,4)15(19)16(23)21(24,25-10-19)20(14,12(2)22)17(13)26-11/h5,9,13-17,23-24H,1,6-8,10H2,2-4H3/t13-,14-,15+,16-,17+,19+,20+,21-/m0/s1. The summed E-state index contributed by atoms with van der Waals surface area (Å²) in [5.74, 6) is -1.60. The van der Waals surface area contributed by atoms with Crippen LogP contribution in [0.2, 0.25) is 0 Å². The average molecular weight is 360 g/mol. The fourth-order valence-corrected chi connectivity index (χ4v) is 7.51. The fraction of sp³-hybridized carbons (Fsp3) is 0.762. The first kappa shape index (κ1) is 17.0. The number of Topliss-reactive ketones (excluding diaryl/α,β-unsaturated/α-hetero) is 1. The van der Waals surface area contributed by atoms with E-state index in [4.69, 9.17) is 9.47 Å². The summed E-state index contributed by atoms with van der Waals surface area (Å²) in [6, 6.07) is 0. The predicted octanol–water partition coefficient (Wildman–Crippen LogP) is 2.18. The van der Waals surface area contributed by atoms with Gasteiger partial charge in [-0.15, -0.1) is 0 Å². The number of fused-ring (bicyclic) bond motifs is 2. The first-order valence-corrected chi connectivity index (χ1v) is 9.71. The molecule has 2 N–H and O–H groups in total. The van der Waals surface area contributed by atoms with Crippen LogP contribution in [0.4, 0.5) is 0 Å². The van der Waals surface area contributed by atoms with Gasteiger partial charge in [0, 0.05) is 11.3 Å². The molecule has 1 spiro atoms. The molecule has 6 rings (SSSR count). The number of ketones is 1. The Morgan fingerprint density at radius 2 is 2.08 bits per heavy atom. The highest BCUT2D eigenvalue weighted by molar-refractivity contribution is 5.86. The molecule has 5 heteroatoms. The van der Waals surface area contributed by atoms with Gasteiger partial charge in [-0.3, -0.25) is 4.79 Å². The molecule has 3 aliphatic carbocycles. The minimum Gasteiger partial charge on any atom is -0.493 e. The summed E-state index contributed by atoms with van der Waals surface area (Å²) in [4.78, 5) is 13.1. The van der Waals surface area contributed by atoms with Gasteiger partial charge < -0.3 is 19.7 Å². The summed E-state index contributed by atoms with van der Waals surface area (Å²) in [6.45, 7) is 10.1. The minimum absolute atomic E-state index is 0.0461. The van der Waals surface area contributed by atoms with Gasteiger partial charge in [0.1, 0.15) is 23.4 Å². The lowest BCUT2D eigenvalue weighted by molar-refractivity contribution is -0.448. The lowest BCUT2D eigenvalue weighted by atomic mass is 9.35. The molecule has 5 nitrogen and oxygen atoms in total. The molecule has 142 valence electrons. The van der Waals surface area contributed by atoms with Gasteiger partial charge in [-0.1, -0.05) is 32.6 Å². The quantitative estimate of drug-likeness (QED) is 0.701. The Hall–Kier alpha value is -1.17. The topological polar surface area (TPSA) is 76.0 Å². The van der Waals surface area contributed by atoms with E-state index >= 15 is 0 Å². The molecule has 8 atom stereocenters. The van der Waals surface area contributed by atoms with Crippen LogP contribution in [0.15, 0.2) is 24.5 Å². The normalized spacial score (nSPS) is 55.9. The van der Waals surface area contributed by atoms with Gasteiger partial charge in [-0.2, -0.15) is 0 Å². The first-order valence-electron chi connectivity index (χ1n) is 9.71. The summed E-state index contributed by atoms with van der Waals surface area (Å²) >= 11 is 0. The number of hydrogen-bond donors (Lipinski definition) is 2. The van der Waals surface area contributed by atoms with Crippen LogP contribution in [0.3, 0.4) is 0 Å². The second-order valence-electron chi connectivity index (χ2n) is 9.78. The third-order valence-corrected chi connectivity index (χ3v) is 8.40. The smallest absolute Gasteiger partial charge is 0.209 e. The van der Waals surface area contributed by atoms with Crippen LogP contribution in [0.25, 0.3) is 0 Å². The lowest BCUT2D eigenvalue weighted by Crippen LogP contribution is -2.85. The maximum absolute atomic E-state index is 13.1. The third kappa shape index (κ3) is 1.48. The van der Waals surface area contributed by atoms with Gasteiger partial charge in [0.05, 0.1) is 18.3 Å². The summed E-state index contributed by atoms with van der Waals surface area (Å²) in [7, 11) is 0. The predicted molar refractivity (Wildman–Crippen MR) is 93.7 cm³/mol. The molecule has 3 heterocycles. The highest BCUT2D eigenvalue weighted by Crippen LogP contribution is 2.74. The first-order chi connectivity index (χ1) is 12.1. The van der Waals surface area contributed by atoms with E-state index in [1.807, 2.05) is 0 Å². The maximum atomic E-state index is 13.1. The summed E-state index contributed by atoms with van der Waals surface area (Å²) < 4.78 is 11.9. The second kappa shape index (κ2) is 4.62. The molecule has 0 aromatic heterocycles. The number of carbonyl (C=O) groups is 1. The van der Waals surface area contributed by atoms with Crippen molar-refractivity contribution in [2.45, 2.75) is 58.0 Å². The van der Waals surface area contributed by atoms with Crippen LogP contribution in [0.5, 0.6) is 0 Å². The average Bonchev–Trinajstić information content (AvgIpc) is 2.55. The minimum atomic E-state index is -1.91. The Morgan fingerprint density at radius 3 is 2.73 bits per heavy atom. The molecular formula is C21H28O5.